The number of halogens is 2. The molecular formula is C19H10F2N2O2. The van der Waals surface area contributed by atoms with Crippen LogP contribution in [0.5, 0.6) is 0 Å². The lowest BCUT2D eigenvalue weighted by atomic mass is 9.95. The largest absolute Gasteiger partial charge is 0.282 e. The summed E-state index contributed by atoms with van der Waals surface area (Å²) in [6.07, 6.45) is 1.15. The van der Waals surface area contributed by atoms with Gasteiger partial charge in [0.15, 0.2) is 11.6 Å². The molecular weight excluding hydrogens is 326 g/mol. The van der Waals surface area contributed by atoms with Crippen molar-refractivity contribution < 1.29 is 18.4 Å². The predicted octanol–water partition coefficient (Wildman–Crippen LogP) is 3.75. The predicted molar refractivity (Wildman–Crippen MR) is 88.4 cm³/mol. The summed E-state index contributed by atoms with van der Waals surface area (Å²) in [4.78, 5) is 25.2. The molecule has 3 aromatic carbocycles. The van der Waals surface area contributed by atoms with E-state index in [1.54, 1.807) is 24.3 Å². The summed E-state index contributed by atoms with van der Waals surface area (Å²) < 4.78 is 26.2. The Hall–Kier alpha value is -3.41. The van der Waals surface area contributed by atoms with E-state index in [2.05, 4.69) is 5.10 Å². The van der Waals surface area contributed by atoms with E-state index < -0.39 is 23.4 Å². The van der Waals surface area contributed by atoms with E-state index >= 15 is 0 Å². The Morgan fingerprint density at radius 3 is 2.08 bits per heavy atom. The third kappa shape index (κ3) is 2.39. The number of benzene rings is 3. The number of amides is 2. The minimum absolute atomic E-state index is 0.233. The van der Waals surface area contributed by atoms with E-state index in [1.807, 2.05) is 12.1 Å². The van der Waals surface area contributed by atoms with E-state index in [-0.39, 0.29) is 5.56 Å². The van der Waals surface area contributed by atoms with Crippen LogP contribution in [0.4, 0.5) is 8.78 Å². The highest BCUT2D eigenvalue weighted by Crippen LogP contribution is 2.30. The van der Waals surface area contributed by atoms with Crippen molar-refractivity contribution >= 4 is 28.8 Å². The lowest BCUT2D eigenvalue weighted by Crippen LogP contribution is -2.36. The number of nitrogens with zero attached hydrogens (tertiary/aromatic N) is 2. The number of hydrogen-bond acceptors (Lipinski definition) is 3. The van der Waals surface area contributed by atoms with Crippen molar-refractivity contribution in [3.8, 4) is 0 Å². The maximum Gasteiger partial charge on any atom is 0.282 e. The van der Waals surface area contributed by atoms with Crippen molar-refractivity contribution in [3.63, 3.8) is 0 Å². The van der Waals surface area contributed by atoms with Gasteiger partial charge in [0.1, 0.15) is 0 Å². The molecule has 1 heterocycles. The first-order chi connectivity index (χ1) is 12.1. The lowest BCUT2D eigenvalue weighted by Gasteiger charge is -2.22. The highest BCUT2D eigenvalue weighted by molar-refractivity contribution is 6.25. The van der Waals surface area contributed by atoms with Crippen molar-refractivity contribution in [1.82, 2.24) is 5.01 Å². The Balaban J connectivity index is 1.77. The minimum atomic E-state index is -1.03. The fourth-order valence-corrected chi connectivity index (χ4v) is 2.84. The van der Waals surface area contributed by atoms with Crippen LogP contribution in [0.1, 0.15) is 26.3 Å². The molecule has 0 radical (unpaired) electrons. The zero-order chi connectivity index (χ0) is 17.6. The van der Waals surface area contributed by atoms with Crippen molar-refractivity contribution in [2.45, 2.75) is 0 Å². The van der Waals surface area contributed by atoms with Gasteiger partial charge in [-0.05, 0) is 35.2 Å². The Labute approximate surface area is 141 Å². The number of carbonyl (C=O) groups excluding carboxylic acids is 2. The van der Waals surface area contributed by atoms with Crippen LogP contribution >= 0.6 is 0 Å². The van der Waals surface area contributed by atoms with Gasteiger partial charge in [-0.15, -0.1) is 0 Å². The van der Waals surface area contributed by atoms with E-state index in [1.165, 1.54) is 6.07 Å². The van der Waals surface area contributed by atoms with Crippen molar-refractivity contribution in [3.05, 3.63) is 82.9 Å². The zero-order valence-corrected chi connectivity index (χ0v) is 12.7. The first-order valence-corrected chi connectivity index (χ1v) is 7.46. The summed E-state index contributed by atoms with van der Waals surface area (Å²) in [6, 6.07) is 13.5. The standard InChI is InChI=1S/C19H10F2N2O2/c20-15-8-7-11(9-16(15)21)10-22-23-18(24)13-5-1-3-12-4-2-6-14(17(12)13)19(23)25/h1-10H/b22-10-. The second-order valence-electron chi connectivity index (χ2n) is 5.55. The average Bonchev–Trinajstić information content (AvgIpc) is 2.62. The van der Waals surface area contributed by atoms with Gasteiger partial charge >= 0.3 is 0 Å². The van der Waals surface area contributed by atoms with Crippen molar-refractivity contribution in [1.29, 1.82) is 0 Å². The molecule has 3 aromatic rings. The molecule has 0 unspecified atom stereocenters. The molecule has 0 aromatic heterocycles. The maximum atomic E-state index is 13.3. The van der Waals surface area contributed by atoms with Crippen LogP contribution in [-0.4, -0.2) is 23.0 Å². The minimum Gasteiger partial charge on any atom is -0.267 e. The Kier molecular flexibility index (Phi) is 3.39. The third-order valence-corrected chi connectivity index (χ3v) is 4.02. The average molecular weight is 336 g/mol. The van der Waals surface area contributed by atoms with Gasteiger partial charge in [0.05, 0.1) is 17.3 Å². The van der Waals surface area contributed by atoms with Crippen LogP contribution in [0.15, 0.2) is 59.7 Å². The second-order valence-corrected chi connectivity index (χ2v) is 5.55. The van der Waals surface area contributed by atoms with Crippen molar-refractivity contribution in [2.24, 2.45) is 5.10 Å². The first kappa shape index (κ1) is 15.1. The number of hydrogen-bond donors (Lipinski definition) is 0. The molecule has 0 spiro atoms. The molecule has 0 aliphatic carbocycles. The smallest absolute Gasteiger partial charge is 0.267 e. The summed E-state index contributed by atoms with van der Waals surface area (Å²) in [6.45, 7) is 0. The molecule has 25 heavy (non-hydrogen) atoms. The third-order valence-electron chi connectivity index (χ3n) is 4.02. The van der Waals surface area contributed by atoms with E-state index in [0.29, 0.717) is 16.5 Å². The lowest BCUT2D eigenvalue weighted by molar-refractivity contribution is 0.0616. The highest BCUT2D eigenvalue weighted by atomic mass is 19.2. The summed E-state index contributed by atoms with van der Waals surface area (Å²) in [5.74, 6) is -3.14. The summed E-state index contributed by atoms with van der Waals surface area (Å²) in [5, 5.41) is 6.02. The van der Waals surface area contributed by atoms with Gasteiger partial charge in [0.2, 0.25) is 0 Å². The summed E-state index contributed by atoms with van der Waals surface area (Å²) in [5.41, 5.74) is 0.974. The molecule has 1 aliphatic heterocycles. The monoisotopic (exact) mass is 336 g/mol. The molecule has 1 aliphatic rings. The number of carbonyl (C=O) groups is 2. The topological polar surface area (TPSA) is 49.7 Å². The Morgan fingerprint density at radius 2 is 1.48 bits per heavy atom. The molecule has 0 saturated heterocycles. The SMILES string of the molecule is O=C1c2cccc3cccc(c23)C(=O)N1/N=C\c1ccc(F)c(F)c1. The van der Waals surface area contributed by atoms with E-state index in [4.69, 9.17) is 0 Å². The molecule has 0 fully saturated rings. The van der Waals surface area contributed by atoms with E-state index in [9.17, 15) is 18.4 Å². The quantitative estimate of drug-likeness (QED) is 0.529. The second kappa shape index (κ2) is 5.59. The van der Waals surface area contributed by atoms with Gasteiger partial charge in [-0.25, -0.2) is 8.78 Å². The van der Waals surface area contributed by atoms with Gasteiger partial charge in [-0.3, -0.25) is 9.59 Å². The Morgan fingerprint density at radius 1 is 0.840 bits per heavy atom. The fourth-order valence-electron chi connectivity index (χ4n) is 2.84. The highest BCUT2D eigenvalue weighted by Gasteiger charge is 2.32. The van der Waals surface area contributed by atoms with E-state index in [0.717, 1.165) is 28.7 Å². The van der Waals surface area contributed by atoms with Gasteiger partial charge in [0.25, 0.3) is 11.8 Å². The normalized spacial score (nSPS) is 13.9. The van der Waals surface area contributed by atoms with Crippen LogP contribution in [0.3, 0.4) is 0 Å². The van der Waals surface area contributed by atoms with Crippen LogP contribution < -0.4 is 0 Å². The number of hydrazone groups is 1. The first-order valence-electron chi connectivity index (χ1n) is 7.46. The molecule has 4 nitrogen and oxygen atoms in total. The molecule has 2 amide bonds. The molecule has 0 N–H and O–H groups in total. The molecule has 4 rings (SSSR count). The van der Waals surface area contributed by atoms with Crippen LogP contribution in [0.25, 0.3) is 10.8 Å². The number of imide groups is 1. The Bertz CT molecular complexity index is 1030. The zero-order valence-electron chi connectivity index (χ0n) is 12.7. The molecule has 122 valence electrons. The number of rotatable bonds is 2. The summed E-state index contributed by atoms with van der Waals surface area (Å²) >= 11 is 0. The van der Waals surface area contributed by atoms with Crippen LogP contribution in [0, 0.1) is 11.6 Å². The van der Waals surface area contributed by atoms with Gasteiger partial charge in [-0.2, -0.15) is 10.1 Å². The van der Waals surface area contributed by atoms with Gasteiger partial charge in [0, 0.05) is 5.39 Å². The van der Waals surface area contributed by atoms with Crippen LogP contribution in [-0.2, 0) is 0 Å². The van der Waals surface area contributed by atoms with Crippen LogP contribution in [0.2, 0.25) is 0 Å². The van der Waals surface area contributed by atoms with Crippen molar-refractivity contribution in [2.75, 3.05) is 0 Å². The van der Waals surface area contributed by atoms with Gasteiger partial charge in [-0.1, -0.05) is 30.3 Å². The molecule has 6 heteroatoms. The fraction of sp³-hybridized carbons (Fsp3) is 0. The van der Waals surface area contributed by atoms with Gasteiger partial charge < -0.3 is 0 Å². The summed E-state index contributed by atoms with van der Waals surface area (Å²) in [7, 11) is 0. The molecule has 0 atom stereocenters. The molecule has 0 bridgehead atoms. The molecule has 0 saturated carbocycles. The maximum absolute atomic E-state index is 13.3.